The summed E-state index contributed by atoms with van der Waals surface area (Å²) in [5, 5.41) is 0. The van der Waals surface area contributed by atoms with Gasteiger partial charge < -0.3 is 0 Å². The minimum atomic E-state index is 1.19. The summed E-state index contributed by atoms with van der Waals surface area (Å²) >= 11 is 0. The molecular weight excluding hydrogens is 192 g/mol. The van der Waals surface area contributed by atoms with Gasteiger partial charge in [0, 0.05) is 0 Å². The van der Waals surface area contributed by atoms with Crippen LogP contribution in [-0.4, -0.2) is 0 Å². The van der Waals surface area contributed by atoms with Crippen LogP contribution in [-0.2, 0) is 0 Å². The number of allylic oxidation sites excluding steroid dienone is 4. The zero-order chi connectivity index (χ0) is 11.7. The van der Waals surface area contributed by atoms with Crippen molar-refractivity contribution in [3.8, 4) is 0 Å². The molecule has 0 fully saturated rings. The van der Waals surface area contributed by atoms with Gasteiger partial charge >= 0.3 is 0 Å². The molecule has 0 radical (unpaired) electrons. The molecule has 1 aromatic carbocycles. The molecule has 84 valence electrons. The Hall–Kier alpha value is -1.30. The SMILES string of the molecule is CC1=C(C)C(c2cccc(C)c2C)=CCC1. The van der Waals surface area contributed by atoms with Crippen molar-refractivity contribution in [3.05, 3.63) is 52.1 Å². The highest BCUT2D eigenvalue weighted by Gasteiger charge is 2.13. The Labute approximate surface area is 98.7 Å². The molecule has 1 aromatic rings. The van der Waals surface area contributed by atoms with Crippen LogP contribution < -0.4 is 0 Å². The largest absolute Gasteiger partial charge is 0.0761 e. The maximum atomic E-state index is 2.39. The van der Waals surface area contributed by atoms with E-state index in [-0.39, 0.29) is 0 Å². The van der Waals surface area contributed by atoms with Gasteiger partial charge in [-0.15, -0.1) is 0 Å². The predicted octanol–water partition coefficient (Wildman–Crippen LogP) is 4.82. The highest BCUT2D eigenvalue weighted by molar-refractivity contribution is 5.82. The fourth-order valence-corrected chi connectivity index (χ4v) is 2.36. The van der Waals surface area contributed by atoms with Gasteiger partial charge in [-0.05, 0) is 68.4 Å². The molecule has 0 unspecified atom stereocenters. The van der Waals surface area contributed by atoms with Crippen molar-refractivity contribution >= 4 is 5.57 Å². The molecule has 1 aliphatic carbocycles. The van der Waals surface area contributed by atoms with E-state index in [2.05, 4.69) is 52.0 Å². The third-order valence-corrected chi connectivity index (χ3v) is 3.81. The number of benzene rings is 1. The normalized spacial score (nSPS) is 16.4. The molecule has 0 heteroatoms. The van der Waals surface area contributed by atoms with E-state index in [9.17, 15) is 0 Å². The average molecular weight is 212 g/mol. The minimum absolute atomic E-state index is 1.19. The lowest BCUT2D eigenvalue weighted by Crippen LogP contribution is -1.99. The van der Waals surface area contributed by atoms with Gasteiger partial charge in [0.15, 0.2) is 0 Å². The van der Waals surface area contributed by atoms with Crippen molar-refractivity contribution in [2.24, 2.45) is 0 Å². The van der Waals surface area contributed by atoms with Crippen molar-refractivity contribution < 1.29 is 0 Å². The number of hydrogen-bond donors (Lipinski definition) is 0. The summed E-state index contributed by atoms with van der Waals surface area (Å²) < 4.78 is 0. The summed E-state index contributed by atoms with van der Waals surface area (Å²) in [6.45, 7) is 8.92. The second kappa shape index (κ2) is 4.29. The first-order valence-electron chi connectivity index (χ1n) is 6.04. The Morgan fingerprint density at radius 3 is 2.50 bits per heavy atom. The highest BCUT2D eigenvalue weighted by Crippen LogP contribution is 2.33. The average Bonchev–Trinajstić information content (AvgIpc) is 2.27. The number of rotatable bonds is 1. The zero-order valence-corrected chi connectivity index (χ0v) is 10.7. The standard InChI is InChI=1S/C16H20/c1-11-7-5-9-15(13(11)3)16-10-6-8-12(2)14(16)4/h5,7,9-10H,6,8H2,1-4H3. The Balaban J connectivity index is 2.54. The van der Waals surface area contributed by atoms with E-state index in [1.54, 1.807) is 5.57 Å². The molecular formula is C16H20. The van der Waals surface area contributed by atoms with Gasteiger partial charge in [0.05, 0.1) is 0 Å². The molecule has 0 bridgehead atoms. The van der Waals surface area contributed by atoms with Crippen molar-refractivity contribution in [2.75, 3.05) is 0 Å². The zero-order valence-electron chi connectivity index (χ0n) is 10.7. The van der Waals surface area contributed by atoms with Gasteiger partial charge in [0.25, 0.3) is 0 Å². The highest BCUT2D eigenvalue weighted by atomic mass is 14.2. The molecule has 0 saturated carbocycles. The van der Waals surface area contributed by atoms with E-state index in [4.69, 9.17) is 0 Å². The molecule has 0 nitrogen and oxygen atoms in total. The second-order valence-corrected chi connectivity index (χ2v) is 4.81. The Bertz CT molecular complexity index is 473. The Morgan fingerprint density at radius 1 is 1.00 bits per heavy atom. The molecule has 0 N–H and O–H groups in total. The summed E-state index contributed by atoms with van der Waals surface area (Å²) in [7, 11) is 0. The Kier molecular flexibility index (Phi) is 3.00. The van der Waals surface area contributed by atoms with Crippen molar-refractivity contribution in [1.82, 2.24) is 0 Å². The first kappa shape index (κ1) is 11.2. The third-order valence-electron chi connectivity index (χ3n) is 3.81. The first-order valence-corrected chi connectivity index (χ1v) is 6.04. The lowest BCUT2D eigenvalue weighted by atomic mass is 9.86. The molecule has 0 atom stereocenters. The van der Waals surface area contributed by atoms with Gasteiger partial charge in [-0.2, -0.15) is 0 Å². The molecule has 16 heavy (non-hydrogen) atoms. The lowest BCUT2D eigenvalue weighted by Gasteiger charge is -2.19. The van der Waals surface area contributed by atoms with Crippen LogP contribution in [0.3, 0.4) is 0 Å². The van der Waals surface area contributed by atoms with Crippen LogP contribution >= 0.6 is 0 Å². The summed E-state index contributed by atoms with van der Waals surface area (Å²) in [6, 6.07) is 6.60. The molecule has 0 saturated heterocycles. The van der Waals surface area contributed by atoms with Crippen LogP contribution in [0.15, 0.2) is 35.4 Å². The summed E-state index contributed by atoms with van der Waals surface area (Å²) in [5.74, 6) is 0. The topological polar surface area (TPSA) is 0 Å². The van der Waals surface area contributed by atoms with Crippen molar-refractivity contribution in [2.45, 2.75) is 40.5 Å². The molecule has 2 rings (SSSR count). The van der Waals surface area contributed by atoms with Gasteiger partial charge in [-0.1, -0.05) is 29.8 Å². The van der Waals surface area contributed by atoms with E-state index in [0.29, 0.717) is 0 Å². The maximum Gasteiger partial charge on any atom is -0.0153 e. The smallest absolute Gasteiger partial charge is 0.0153 e. The Morgan fingerprint density at radius 2 is 1.75 bits per heavy atom. The molecule has 0 spiro atoms. The van der Waals surface area contributed by atoms with Crippen LogP contribution in [0.25, 0.3) is 5.57 Å². The van der Waals surface area contributed by atoms with Crippen molar-refractivity contribution in [1.29, 1.82) is 0 Å². The fourth-order valence-electron chi connectivity index (χ4n) is 2.36. The maximum absolute atomic E-state index is 2.39. The molecule has 0 amide bonds. The minimum Gasteiger partial charge on any atom is -0.0761 e. The summed E-state index contributed by atoms with van der Waals surface area (Å²) in [4.78, 5) is 0. The fraction of sp³-hybridized carbons (Fsp3) is 0.375. The van der Waals surface area contributed by atoms with Crippen LogP contribution in [0.2, 0.25) is 0 Å². The quantitative estimate of drug-likeness (QED) is 0.626. The van der Waals surface area contributed by atoms with Crippen LogP contribution in [0.1, 0.15) is 43.4 Å². The predicted molar refractivity (Wildman–Crippen MR) is 71.5 cm³/mol. The number of hydrogen-bond acceptors (Lipinski definition) is 0. The molecule has 1 aliphatic rings. The lowest BCUT2D eigenvalue weighted by molar-refractivity contribution is 0.944. The monoisotopic (exact) mass is 212 g/mol. The van der Waals surface area contributed by atoms with Gasteiger partial charge in [-0.3, -0.25) is 0 Å². The first-order chi connectivity index (χ1) is 7.61. The van der Waals surface area contributed by atoms with Crippen LogP contribution in [0.5, 0.6) is 0 Å². The third kappa shape index (κ3) is 1.84. The van der Waals surface area contributed by atoms with E-state index in [1.807, 2.05) is 0 Å². The molecule has 0 heterocycles. The van der Waals surface area contributed by atoms with Gasteiger partial charge in [-0.25, -0.2) is 0 Å². The van der Waals surface area contributed by atoms with E-state index in [0.717, 1.165) is 0 Å². The summed E-state index contributed by atoms with van der Waals surface area (Å²) in [6.07, 6.45) is 4.80. The van der Waals surface area contributed by atoms with E-state index < -0.39 is 0 Å². The van der Waals surface area contributed by atoms with E-state index >= 15 is 0 Å². The summed E-state index contributed by atoms with van der Waals surface area (Å²) in [5.41, 5.74) is 8.68. The second-order valence-electron chi connectivity index (χ2n) is 4.81. The number of aryl methyl sites for hydroxylation is 1. The van der Waals surface area contributed by atoms with Gasteiger partial charge in [0.2, 0.25) is 0 Å². The van der Waals surface area contributed by atoms with E-state index in [1.165, 1.54) is 40.7 Å². The molecule has 0 aromatic heterocycles. The van der Waals surface area contributed by atoms with Crippen molar-refractivity contribution in [3.63, 3.8) is 0 Å². The van der Waals surface area contributed by atoms with Gasteiger partial charge in [0.1, 0.15) is 0 Å². The van der Waals surface area contributed by atoms with Crippen LogP contribution in [0, 0.1) is 13.8 Å². The molecule has 0 aliphatic heterocycles. The van der Waals surface area contributed by atoms with Crippen LogP contribution in [0.4, 0.5) is 0 Å².